The predicted molar refractivity (Wildman–Crippen MR) is 65.7 cm³/mol. The zero-order valence-electron chi connectivity index (χ0n) is 9.51. The summed E-state index contributed by atoms with van der Waals surface area (Å²) in [5, 5.41) is 13.5. The molecule has 18 heavy (non-hydrogen) atoms. The Hall–Kier alpha value is -2.15. The highest BCUT2D eigenvalue weighted by atomic mass is 32.1. The number of nitrogens with zero attached hydrogens (tertiary/aromatic N) is 1. The first-order valence-corrected chi connectivity index (χ1v) is 6.08. The van der Waals surface area contributed by atoms with Crippen molar-refractivity contribution in [3.05, 3.63) is 40.1 Å². The molecule has 1 unspecified atom stereocenters. The van der Waals surface area contributed by atoms with E-state index in [1.54, 1.807) is 25.4 Å². The fourth-order valence-corrected chi connectivity index (χ4v) is 2.19. The summed E-state index contributed by atoms with van der Waals surface area (Å²) < 4.78 is 0. The zero-order valence-corrected chi connectivity index (χ0v) is 10.3. The lowest BCUT2D eigenvalue weighted by Gasteiger charge is -2.09. The number of nitrogens with one attached hydrogen (secondary N) is 2. The van der Waals surface area contributed by atoms with Crippen LogP contribution in [0.2, 0.25) is 0 Å². The van der Waals surface area contributed by atoms with E-state index >= 15 is 0 Å². The Bertz CT molecular complexity index is 562. The molecule has 0 aromatic carbocycles. The van der Waals surface area contributed by atoms with Crippen LogP contribution < -0.4 is 5.32 Å². The monoisotopic (exact) mass is 265 g/mol. The standard InChI is InChI=1S/C11H11N3O3S/c1-6(10-14-8(5-18-10)11(16)17)13-9(15)7-2-3-12-4-7/h2-6,12H,1H3,(H,13,15)(H,16,17). The number of thiazole rings is 1. The number of carbonyl (C=O) groups is 2. The van der Waals surface area contributed by atoms with Gasteiger partial charge >= 0.3 is 5.97 Å². The number of carbonyl (C=O) groups excluding carboxylic acids is 1. The number of rotatable bonds is 4. The molecular formula is C11H11N3O3S. The molecule has 0 aliphatic carbocycles. The third-order valence-corrected chi connectivity index (χ3v) is 3.35. The predicted octanol–water partition coefficient (Wildman–Crippen LogP) is 1.66. The second-order valence-corrected chi connectivity index (χ2v) is 4.56. The molecule has 1 amide bonds. The Morgan fingerprint density at radius 3 is 2.89 bits per heavy atom. The lowest BCUT2D eigenvalue weighted by atomic mass is 10.3. The number of aromatic nitrogens is 2. The number of hydrogen-bond acceptors (Lipinski definition) is 4. The number of amides is 1. The Labute approximate surface area is 107 Å². The number of H-pyrrole nitrogens is 1. The van der Waals surface area contributed by atoms with E-state index in [2.05, 4.69) is 15.3 Å². The number of aromatic amines is 1. The van der Waals surface area contributed by atoms with Crippen LogP contribution in [-0.2, 0) is 0 Å². The van der Waals surface area contributed by atoms with E-state index in [9.17, 15) is 9.59 Å². The maximum absolute atomic E-state index is 11.8. The molecule has 0 saturated carbocycles. The molecule has 0 bridgehead atoms. The van der Waals surface area contributed by atoms with E-state index in [1.165, 1.54) is 16.7 Å². The van der Waals surface area contributed by atoms with Crippen molar-refractivity contribution in [3.63, 3.8) is 0 Å². The average Bonchev–Trinajstić information content (AvgIpc) is 3.00. The summed E-state index contributed by atoms with van der Waals surface area (Å²) in [5.74, 6) is -1.29. The molecule has 0 fully saturated rings. The minimum atomic E-state index is -1.07. The van der Waals surface area contributed by atoms with Gasteiger partial charge in [-0.05, 0) is 13.0 Å². The number of hydrogen-bond donors (Lipinski definition) is 3. The van der Waals surface area contributed by atoms with Crippen LogP contribution in [0.1, 0.15) is 38.8 Å². The van der Waals surface area contributed by atoms with Crippen molar-refractivity contribution in [3.8, 4) is 0 Å². The molecule has 2 aromatic heterocycles. The van der Waals surface area contributed by atoms with Crippen LogP contribution in [0.5, 0.6) is 0 Å². The van der Waals surface area contributed by atoms with Crippen LogP contribution in [0.4, 0.5) is 0 Å². The molecule has 6 nitrogen and oxygen atoms in total. The minimum absolute atomic E-state index is 0.00209. The van der Waals surface area contributed by atoms with Gasteiger partial charge in [0.05, 0.1) is 11.6 Å². The summed E-state index contributed by atoms with van der Waals surface area (Å²) in [6, 6.07) is 1.33. The summed E-state index contributed by atoms with van der Waals surface area (Å²) in [6.07, 6.45) is 3.25. The van der Waals surface area contributed by atoms with Crippen LogP contribution in [0.15, 0.2) is 23.8 Å². The number of carboxylic acid groups (broad SMARTS) is 1. The third kappa shape index (κ3) is 2.57. The lowest BCUT2D eigenvalue weighted by Crippen LogP contribution is -2.26. The summed E-state index contributed by atoms with van der Waals surface area (Å²) in [7, 11) is 0. The first kappa shape index (κ1) is 12.3. The molecule has 0 radical (unpaired) electrons. The molecular weight excluding hydrogens is 254 g/mol. The molecule has 1 atom stereocenters. The lowest BCUT2D eigenvalue weighted by molar-refractivity contribution is 0.0691. The topological polar surface area (TPSA) is 95.1 Å². The van der Waals surface area contributed by atoms with Crippen LogP contribution in [0.25, 0.3) is 0 Å². The highest BCUT2D eigenvalue weighted by Crippen LogP contribution is 2.18. The van der Waals surface area contributed by atoms with E-state index in [1.807, 2.05) is 0 Å². The van der Waals surface area contributed by atoms with Gasteiger partial charge in [0.15, 0.2) is 5.69 Å². The highest BCUT2D eigenvalue weighted by Gasteiger charge is 2.16. The van der Waals surface area contributed by atoms with Crippen molar-refractivity contribution in [2.45, 2.75) is 13.0 Å². The molecule has 2 rings (SSSR count). The molecule has 0 spiro atoms. The van der Waals surface area contributed by atoms with Gasteiger partial charge in [0.1, 0.15) is 5.01 Å². The molecule has 3 N–H and O–H groups in total. The van der Waals surface area contributed by atoms with Crippen molar-refractivity contribution in [2.75, 3.05) is 0 Å². The molecule has 2 heterocycles. The van der Waals surface area contributed by atoms with Gasteiger partial charge in [0, 0.05) is 17.8 Å². The Morgan fingerprint density at radius 1 is 1.56 bits per heavy atom. The summed E-state index contributed by atoms with van der Waals surface area (Å²) in [4.78, 5) is 29.2. The van der Waals surface area contributed by atoms with Crippen LogP contribution in [-0.4, -0.2) is 27.0 Å². The van der Waals surface area contributed by atoms with Crippen molar-refractivity contribution in [1.82, 2.24) is 15.3 Å². The van der Waals surface area contributed by atoms with Crippen molar-refractivity contribution in [1.29, 1.82) is 0 Å². The smallest absolute Gasteiger partial charge is 0.355 e. The number of carboxylic acids is 1. The van der Waals surface area contributed by atoms with Crippen molar-refractivity contribution >= 4 is 23.2 Å². The molecule has 0 aliphatic heterocycles. The molecule has 0 aliphatic rings. The van der Waals surface area contributed by atoms with Gasteiger partial charge in [-0.25, -0.2) is 9.78 Å². The fraction of sp³-hybridized carbons (Fsp3) is 0.182. The maximum atomic E-state index is 11.8. The molecule has 7 heteroatoms. The largest absolute Gasteiger partial charge is 0.476 e. The quantitative estimate of drug-likeness (QED) is 0.783. The molecule has 2 aromatic rings. The van der Waals surface area contributed by atoms with Crippen LogP contribution >= 0.6 is 11.3 Å². The summed E-state index contributed by atoms with van der Waals surface area (Å²) in [5.41, 5.74) is 0.523. The van der Waals surface area contributed by atoms with Gasteiger partial charge in [-0.3, -0.25) is 4.79 Å². The summed E-state index contributed by atoms with van der Waals surface area (Å²) >= 11 is 1.21. The Balaban J connectivity index is 2.05. The van der Waals surface area contributed by atoms with Gasteiger partial charge in [-0.1, -0.05) is 0 Å². The normalized spacial score (nSPS) is 12.1. The Morgan fingerprint density at radius 2 is 2.33 bits per heavy atom. The first-order chi connectivity index (χ1) is 8.58. The second-order valence-electron chi connectivity index (χ2n) is 3.67. The van der Waals surface area contributed by atoms with Gasteiger partial charge in [-0.2, -0.15) is 0 Å². The SMILES string of the molecule is CC(NC(=O)c1cc[nH]c1)c1nc(C(=O)O)cs1. The fourth-order valence-electron chi connectivity index (χ4n) is 1.39. The number of aromatic carboxylic acids is 1. The van der Waals surface area contributed by atoms with E-state index in [-0.39, 0.29) is 17.6 Å². The van der Waals surface area contributed by atoms with Crippen LogP contribution in [0, 0.1) is 0 Å². The molecule has 94 valence electrons. The maximum Gasteiger partial charge on any atom is 0.355 e. The first-order valence-electron chi connectivity index (χ1n) is 5.20. The van der Waals surface area contributed by atoms with Crippen molar-refractivity contribution < 1.29 is 14.7 Å². The van der Waals surface area contributed by atoms with Gasteiger partial charge in [0.25, 0.3) is 5.91 Å². The summed E-state index contributed by atoms with van der Waals surface area (Å²) in [6.45, 7) is 1.76. The van der Waals surface area contributed by atoms with E-state index in [0.717, 1.165) is 0 Å². The minimum Gasteiger partial charge on any atom is -0.476 e. The van der Waals surface area contributed by atoms with E-state index in [4.69, 9.17) is 5.11 Å². The van der Waals surface area contributed by atoms with Gasteiger partial charge in [-0.15, -0.1) is 11.3 Å². The second kappa shape index (κ2) is 5.01. The Kier molecular flexibility index (Phi) is 3.42. The van der Waals surface area contributed by atoms with Crippen LogP contribution in [0.3, 0.4) is 0 Å². The third-order valence-electron chi connectivity index (χ3n) is 2.32. The zero-order chi connectivity index (χ0) is 13.1. The average molecular weight is 265 g/mol. The van der Waals surface area contributed by atoms with E-state index in [0.29, 0.717) is 10.6 Å². The van der Waals surface area contributed by atoms with E-state index < -0.39 is 5.97 Å². The molecule has 0 saturated heterocycles. The van der Waals surface area contributed by atoms with Crippen molar-refractivity contribution in [2.24, 2.45) is 0 Å². The van der Waals surface area contributed by atoms with Gasteiger partial charge < -0.3 is 15.4 Å². The van der Waals surface area contributed by atoms with Gasteiger partial charge in [0.2, 0.25) is 0 Å². The highest BCUT2D eigenvalue weighted by molar-refractivity contribution is 7.09.